The minimum atomic E-state index is 0. The van der Waals surface area contributed by atoms with Crippen LogP contribution in [0.25, 0.3) is 0 Å². The topological polar surface area (TPSA) is 53.9 Å². The standard InChI is InChI=1S/C11H17N.C10H16N2.C10H22N2.3CH4/c1-8(2)10-6-5-7-12-11(10)9(3)4;1-7(2)9-5-11-6-12-10(9)8(3)4;1-8(2)10-7-12(9(3)4)6-5-11-10;;;/h5-9H,1-4H3;5-8H,1-4H3;8-11H,5-7H2,1-4H3;3*1H4. The number of hydrogen-bond acceptors (Lipinski definition) is 5. The van der Waals surface area contributed by atoms with E-state index < -0.39 is 0 Å². The minimum Gasteiger partial charge on any atom is -0.311 e. The third-order valence-corrected chi connectivity index (χ3v) is 6.75. The highest BCUT2D eigenvalue weighted by Gasteiger charge is 2.22. The summed E-state index contributed by atoms with van der Waals surface area (Å²) in [6.07, 6.45) is 5.43. The molecule has 0 saturated carbocycles. The van der Waals surface area contributed by atoms with Gasteiger partial charge in [0.05, 0.1) is 0 Å². The van der Waals surface area contributed by atoms with Gasteiger partial charge in [0.2, 0.25) is 0 Å². The van der Waals surface area contributed by atoms with Gasteiger partial charge in [-0.1, -0.05) is 97.6 Å². The van der Waals surface area contributed by atoms with Crippen LogP contribution in [0.5, 0.6) is 0 Å². The third-order valence-electron chi connectivity index (χ3n) is 6.75. The Hall–Kier alpha value is -1.85. The number of piperazine rings is 1. The highest BCUT2D eigenvalue weighted by Crippen LogP contribution is 2.23. The molecule has 3 heterocycles. The van der Waals surface area contributed by atoms with Gasteiger partial charge in [0.15, 0.2) is 0 Å². The van der Waals surface area contributed by atoms with Gasteiger partial charge in [0, 0.05) is 55.5 Å². The molecule has 1 unspecified atom stereocenters. The molecule has 1 fully saturated rings. The van der Waals surface area contributed by atoms with Crippen molar-refractivity contribution in [1.29, 1.82) is 0 Å². The second-order valence-corrected chi connectivity index (χ2v) is 11.9. The van der Waals surface area contributed by atoms with Crippen LogP contribution in [0.4, 0.5) is 0 Å². The molecule has 1 aliphatic rings. The molecule has 0 amide bonds. The van der Waals surface area contributed by atoms with E-state index in [0.29, 0.717) is 35.8 Å². The Morgan fingerprint density at radius 3 is 1.69 bits per heavy atom. The number of pyridine rings is 1. The lowest BCUT2D eigenvalue weighted by atomic mass is 9.96. The summed E-state index contributed by atoms with van der Waals surface area (Å²) in [5, 5.41) is 3.56. The van der Waals surface area contributed by atoms with Gasteiger partial charge in [0.25, 0.3) is 0 Å². The van der Waals surface area contributed by atoms with Crippen LogP contribution in [-0.4, -0.2) is 51.6 Å². The molecule has 0 radical (unpaired) electrons. The zero-order valence-electron chi connectivity index (χ0n) is 25.3. The maximum absolute atomic E-state index is 4.40. The Balaban J connectivity index is -0.000000480. The fraction of sp³-hybridized carbons (Fsp3) is 0.735. The van der Waals surface area contributed by atoms with E-state index in [1.54, 1.807) is 6.33 Å². The quantitative estimate of drug-likeness (QED) is 0.392. The van der Waals surface area contributed by atoms with Crippen LogP contribution in [0, 0.1) is 5.92 Å². The number of aromatic nitrogens is 3. The molecule has 1 atom stereocenters. The summed E-state index contributed by atoms with van der Waals surface area (Å²) in [7, 11) is 0. The Morgan fingerprint density at radius 1 is 0.744 bits per heavy atom. The van der Waals surface area contributed by atoms with Gasteiger partial charge in [0.1, 0.15) is 6.33 Å². The zero-order valence-corrected chi connectivity index (χ0v) is 25.3. The van der Waals surface area contributed by atoms with E-state index in [4.69, 9.17) is 0 Å². The fourth-order valence-corrected chi connectivity index (χ4v) is 4.40. The lowest BCUT2D eigenvalue weighted by Crippen LogP contribution is -2.54. The van der Waals surface area contributed by atoms with Gasteiger partial charge < -0.3 is 5.32 Å². The van der Waals surface area contributed by atoms with Crippen molar-refractivity contribution in [3.8, 4) is 0 Å². The maximum atomic E-state index is 4.40. The summed E-state index contributed by atoms with van der Waals surface area (Å²) in [5.74, 6) is 2.88. The first-order valence-corrected chi connectivity index (χ1v) is 14.1. The van der Waals surface area contributed by atoms with Crippen molar-refractivity contribution in [2.24, 2.45) is 5.92 Å². The summed E-state index contributed by atoms with van der Waals surface area (Å²) in [4.78, 5) is 15.3. The lowest BCUT2D eigenvalue weighted by Gasteiger charge is -2.38. The van der Waals surface area contributed by atoms with Crippen LogP contribution in [0.15, 0.2) is 30.9 Å². The number of nitrogens with zero attached hydrogens (tertiary/aromatic N) is 4. The predicted molar refractivity (Wildman–Crippen MR) is 176 cm³/mol. The van der Waals surface area contributed by atoms with Crippen molar-refractivity contribution >= 4 is 0 Å². The van der Waals surface area contributed by atoms with Crippen LogP contribution < -0.4 is 5.32 Å². The van der Waals surface area contributed by atoms with Crippen LogP contribution in [0.3, 0.4) is 0 Å². The normalized spacial score (nSPS) is 15.2. The van der Waals surface area contributed by atoms with Gasteiger partial charge in [-0.3, -0.25) is 9.88 Å². The van der Waals surface area contributed by atoms with Crippen molar-refractivity contribution in [3.63, 3.8) is 0 Å². The first kappa shape index (κ1) is 41.6. The summed E-state index contributed by atoms with van der Waals surface area (Å²) in [6.45, 7) is 30.2. The van der Waals surface area contributed by atoms with E-state index in [2.05, 4.69) is 114 Å². The minimum absolute atomic E-state index is 0. The molecule has 1 N–H and O–H groups in total. The summed E-state index contributed by atoms with van der Waals surface area (Å²) in [6, 6.07) is 5.59. The van der Waals surface area contributed by atoms with Crippen molar-refractivity contribution in [2.75, 3.05) is 19.6 Å². The van der Waals surface area contributed by atoms with Gasteiger partial charge in [-0.15, -0.1) is 0 Å². The fourth-order valence-electron chi connectivity index (χ4n) is 4.40. The average molecular weight is 546 g/mol. The molecule has 2 aromatic rings. The van der Waals surface area contributed by atoms with Gasteiger partial charge >= 0.3 is 0 Å². The maximum Gasteiger partial charge on any atom is 0.115 e. The molecule has 0 aliphatic carbocycles. The SMILES string of the molecule is C.C.C.CC(C)C1CN(C(C)C)CCN1.CC(C)c1cccnc1C(C)C.CC(C)c1cncnc1C(C)C. The first-order chi connectivity index (χ1) is 16.9. The second kappa shape index (κ2) is 21.0. The molecular weight excluding hydrogens is 478 g/mol. The van der Waals surface area contributed by atoms with E-state index in [9.17, 15) is 0 Å². The third kappa shape index (κ3) is 14.4. The molecule has 228 valence electrons. The summed E-state index contributed by atoms with van der Waals surface area (Å²) in [5.41, 5.74) is 5.08. The molecule has 1 aliphatic heterocycles. The predicted octanol–water partition coefficient (Wildman–Crippen LogP) is 9.28. The second-order valence-electron chi connectivity index (χ2n) is 11.9. The monoisotopic (exact) mass is 546 g/mol. The van der Waals surface area contributed by atoms with Crippen LogP contribution >= 0.6 is 0 Å². The van der Waals surface area contributed by atoms with Crippen LogP contribution in [-0.2, 0) is 0 Å². The van der Waals surface area contributed by atoms with Crippen LogP contribution in [0.2, 0.25) is 0 Å². The Labute approximate surface area is 245 Å². The van der Waals surface area contributed by atoms with Crippen molar-refractivity contribution in [2.45, 2.75) is 141 Å². The molecule has 5 nitrogen and oxygen atoms in total. The first-order valence-electron chi connectivity index (χ1n) is 14.1. The largest absolute Gasteiger partial charge is 0.311 e. The van der Waals surface area contributed by atoms with E-state index >= 15 is 0 Å². The molecule has 3 rings (SSSR count). The van der Waals surface area contributed by atoms with Crippen LogP contribution in [0.1, 0.15) is 152 Å². The molecule has 5 heteroatoms. The van der Waals surface area contributed by atoms with Gasteiger partial charge in [-0.05, 0) is 60.6 Å². The van der Waals surface area contributed by atoms with Crippen molar-refractivity contribution in [3.05, 3.63) is 53.4 Å². The summed E-state index contributed by atoms with van der Waals surface area (Å²) < 4.78 is 0. The molecule has 0 bridgehead atoms. The van der Waals surface area contributed by atoms with E-state index in [-0.39, 0.29) is 22.3 Å². The van der Waals surface area contributed by atoms with E-state index in [1.165, 1.54) is 35.6 Å². The number of nitrogens with one attached hydrogen (secondary N) is 1. The molecular formula is C34H67N5. The Bertz CT molecular complexity index is 735. The van der Waals surface area contributed by atoms with E-state index in [1.807, 2.05) is 18.5 Å². The molecule has 2 aromatic heterocycles. The van der Waals surface area contributed by atoms with Crippen molar-refractivity contribution < 1.29 is 0 Å². The van der Waals surface area contributed by atoms with Crippen molar-refractivity contribution in [1.82, 2.24) is 25.2 Å². The smallest absolute Gasteiger partial charge is 0.115 e. The highest BCUT2D eigenvalue weighted by molar-refractivity contribution is 5.25. The molecule has 39 heavy (non-hydrogen) atoms. The Kier molecular flexibility index (Phi) is 22.4. The average Bonchev–Trinajstić information content (AvgIpc) is 2.84. The van der Waals surface area contributed by atoms with E-state index in [0.717, 1.165) is 12.5 Å². The molecule has 0 spiro atoms. The highest BCUT2D eigenvalue weighted by atomic mass is 15.2. The molecule has 1 saturated heterocycles. The number of rotatable bonds is 6. The lowest BCUT2D eigenvalue weighted by molar-refractivity contribution is 0.143. The zero-order chi connectivity index (χ0) is 27.4. The molecule has 0 aromatic carbocycles. The Morgan fingerprint density at radius 2 is 1.28 bits per heavy atom. The van der Waals surface area contributed by atoms with Gasteiger partial charge in [-0.25, -0.2) is 9.97 Å². The summed E-state index contributed by atoms with van der Waals surface area (Å²) >= 11 is 0. The number of hydrogen-bond donors (Lipinski definition) is 1. The van der Waals surface area contributed by atoms with Gasteiger partial charge in [-0.2, -0.15) is 0 Å².